The highest BCUT2D eigenvalue weighted by Crippen LogP contribution is 2.29. The molecular formula is C12H15NO3. The van der Waals surface area contributed by atoms with Crippen molar-refractivity contribution >= 4 is 0 Å². The third-order valence-electron chi connectivity index (χ3n) is 2.28. The van der Waals surface area contributed by atoms with Crippen molar-refractivity contribution in [3.8, 4) is 17.6 Å². The van der Waals surface area contributed by atoms with Crippen molar-refractivity contribution in [2.24, 2.45) is 0 Å². The second-order valence-corrected chi connectivity index (χ2v) is 3.54. The summed E-state index contributed by atoms with van der Waals surface area (Å²) in [5.74, 6) is 1.02. The Morgan fingerprint density at radius 2 is 2.00 bits per heavy atom. The lowest BCUT2D eigenvalue weighted by Crippen LogP contribution is -2.25. The molecule has 0 spiro atoms. The van der Waals surface area contributed by atoms with Crippen molar-refractivity contribution in [1.82, 2.24) is 0 Å². The van der Waals surface area contributed by atoms with E-state index in [0.717, 1.165) is 0 Å². The Balaban J connectivity index is 2.92. The smallest absolute Gasteiger partial charge is 0.162 e. The normalized spacial score (nSPS) is 13.7. The van der Waals surface area contributed by atoms with Gasteiger partial charge >= 0.3 is 0 Å². The number of ether oxygens (including phenoxy) is 2. The average Bonchev–Trinajstić information content (AvgIpc) is 2.29. The van der Waals surface area contributed by atoms with E-state index in [-0.39, 0.29) is 6.10 Å². The minimum absolute atomic E-state index is 0.332. The van der Waals surface area contributed by atoms with Crippen molar-refractivity contribution < 1.29 is 14.6 Å². The molecule has 0 fully saturated rings. The topological polar surface area (TPSA) is 62.5 Å². The molecular weight excluding hydrogens is 206 g/mol. The lowest BCUT2D eigenvalue weighted by atomic mass is 10.2. The summed E-state index contributed by atoms with van der Waals surface area (Å²) < 4.78 is 10.6. The van der Waals surface area contributed by atoms with E-state index in [0.29, 0.717) is 17.1 Å². The number of nitrogens with zero attached hydrogens (tertiary/aromatic N) is 1. The summed E-state index contributed by atoms with van der Waals surface area (Å²) in [5.41, 5.74) is 0.508. The Labute approximate surface area is 95.0 Å². The molecule has 1 aromatic rings. The first-order chi connectivity index (χ1) is 7.58. The van der Waals surface area contributed by atoms with E-state index in [2.05, 4.69) is 0 Å². The Hall–Kier alpha value is -1.73. The molecule has 1 rings (SSSR count). The van der Waals surface area contributed by atoms with Gasteiger partial charge in [-0.1, -0.05) is 0 Å². The summed E-state index contributed by atoms with van der Waals surface area (Å²) in [7, 11) is 1.51. The lowest BCUT2D eigenvalue weighted by Gasteiger charge is -2.18. The molecule has 0 aliphatic heterocycles. The second kappa shape index (κ2) is 5.38. The highest BCUT2D eigenvalue weighted by Gasteiger charge is 2.13. The van der Waals surface area contributed by atoms with Gasteiger partial charge in [-0.15, -0.1) is 0 Å². The van der Waals surface area contributed by atoms with Crippen LogP contribution in [-0.2, 0) is 0 Å². The molecule has 0 saturated heterocycles. The van der Waals surface area contributed by atoms with E-state index in [4.69, 9.17) is 14.7 Å². The van der Waals surface area contributed by atoms with Gasteiger partial charge in [0, 0.05) is 6.07 Å². The van der Waals surface area contributed by atoms with Gasteiger partial charge < -0.3 is 14.6 Å². The summed E-state index contributed by atoms with van der Waals surface area (Å²) in [6.45, 7) is 3.42. The number of aliphatic hydroxyl groups excluding tert-OH is 1. The standard InChI is InChI=1S/C12H15NO3/c1-8(14)9(2)16-11-5-4-10(7-13)6-12(11)15-3/h4-6,8-9,14H,1-3H3. The second-order valence-electron chi connectivity index (χ2n) is 3.54. The van der Waals surface area contributed by atoms with Crippen molar-refractivity contribution in [2.45, 2.75) is 26.1 Å². The van der Waals surface area contributed by atoms with Gasteiger partial charge in [0.2, 0.25) is 0 Å². The molecule has 16 heavy (non-hydrogen) atoms. The Morgan fingerprint density at radius 1 is 1.31 bits per heavy atom. The summed E-state index contributed by atoms with van der Waals surface area (Å²) >= 11 is 0. The van der Waals surface area contributed by atoms with E-state index >= 15 is 0 Å². The molecule has 0 aliphatic carbocycles. The van der Waals surface area contributed by atoms with Crippen molar-refractivity contribution in [2.75, 3.05) is 7.11 Å². The molecule has 4 nitrogen and oxygen atoms in total. The molecule has 0 heterocycles. The van der Waals surface area contributed by atoms with Crippen LogP contribution in [0.2, 0.25) is 0 Å². The van der Waals surface area contributed by atoms with Gasteiger partial charge in [-0.3, -0.25) is 0 Å². The number of aliphatic hydroxyl groups is 1. The van der Waals surface area contributed by atoms with E-state index < -0.39 is 6.10 Å². The molecule has 2 unspecified atom stereocenters. The number of rotatable bonds is 4. The Morgan fingerprint density at radius 3 is 2.50 bits per heavy atom. The van der Waals surface area contributed by atoms with Gasteiger partial charge in [-0.05, 0) is 26.0 Å². The minimum atomic E-state index is -0.569. The van der Waals surface area contributed by atoms with E-state index in [1.165, 1.54) is 7.11 Å². The predicted molar refractivity (Wildman–Crippen MR) is 59.5 cm³/mol. The van der Waals surface area contributed by atoms with Crippen LogP contribution in [0.3, 0.4) is 0 Å². The average molecular weight is 221 g/mol. The van der Waals surface area contributed by atoms with Gasteiger partial charge in [0.1, 0.15) is 6.10 Å². The lowest BCUT2D eigenvalue weighted by molar-refractivity contribution is 0.0586. The van der Waals surface area contributed by atoms with Gasteiger partial charge in [-0.2, -0.15) is 5.26 Å². The van der Waals surface area contributed by atoms with Gasteiger partial charge in [0.05, 0.1) is 24.8 Å². The largest absolute Gasteiger partial charge is 0.493 e. The van der Waals surface area contributed by atoms with Gasteiger partial charge in [-0.25, -0.2) is 0 Å². The molecule has 0 aromatic heterocycles. The maximum Gasteiger partial charge on any atom is 0.162 e. The number of nitriles is 1. The van der Waals surface area contributed by atoms with E-state index in [1.54, 1.807) is 32.0 Å². The molecule has 2 atom stereocenters. The van der Waals surface area contributed by atoms with Gasteiger partial charge in [0.15, 0.2) is 11.5 Å². The van der Waals surface area contributed by atoms with Crippen LogP contribution >= 0.6 is 0 Å². The summed E-state index contributed by atoms with van der Waals surface area (Å²) in [4.78, 5) is 0. The third kappa shape index (κ3) is 2.88. The molecule has 0 amide bonds. The fraction of sp³-hybridized carbons (Fsp3) is 0.417. The van der Waals surface area contributed by atoms with Crippen LogP contribution in [-0.4, -0.2) is 24.4 Å². The van der Waals surface area contributed by atoms with Crippen molar-refractivity contribution in [3.63, 3.8) is 0 Å². The summed E-state index contributed by atoms with van der Waals surface area (Å²) in [6, 6.07) is 6.93. The molecule has 1 aromatic carbocycles. The van der Waals surface area contributed by atoms with Crippen LogP contribution in [0.25, 0.3) is 0 Å². The third-order valence-corrected chi connectivity index (χ3v) is 2.28. The molecule has 0 bridgehead atoms. The molecule has 86 valence electrons. The van der Waals surface area contributed by atoms with Gasteiger partial charge in [0.25, 0.3) is 0 Å². The molecule has 0 saturated carbocycles. The highest BCUT2D eigenvalue weighted by atomic mass is 16.5. The zero-order valence-electron chi connectivity index (χ0n) is 9.60. The summed E-state index contributed by atoms with van der Waals surface area (Å²) in [6.07, 6.45) is -0.901. The molecule has 4 heteroatoms. The first kappa shape index (κ1) is 12.3. The van der Waals surface area contributed by atoms with Crippen LogP contribution in [0.15, 0.2) is 18.2 Å². The summed E-state index contributed by atoms with van der Waals surface area (Å²) in [5, 5.41) is 18.1. The fourth-order valence-corrected chi connectivity index (χ4v) is 1.13. The monoisotopic (exact) mass is 221 g/mol. The predicted octanol–water partition coefficient (Wildman–Crippen LogP) is 1.71. The van der Waals surface area contributed by atoms with Crippen LogP contribution in [0, 0.1) is 11.3 Å². The minimum Gasteiger partial charge on any atom is -0.493 e. The quantitative estimate of drug-likeness (QED) is 0.840. The van der Waals surface area contributed by atoms with E-state index in [9.17, 15) is 5.11 Å². The van der Waals surface area contributed by atoms with Crippen LogP contribution in [0.1, 0.15) is 19.4 Å². The first-order valence-electron chi connectivity index (χ1n) is 5.01. The highest BCUT2D eigenvalue weighted by molar-refractivity contribution is 5.46. The molecule has 0 aliphatic rings. The number of methoxy groups -OCH3 is 1. The van der Waals surface area contributed by atoms with E-state index in [1.807, 2.05) is 6.07 Å². The molecule has 1 N–H and O–H groups in total. The maximum atomic E-state index is 9.33. The maximum absolute atomic E-state index is 9.33. The SMILES string of the molecule is COc1cc(C#N)ccc1OC(C)C(C)O. The van der Waals surface area contributed by atoms with Crippen molar-refractivity contribution in [1.29, 1.82) is 5.26 Å². The van der Waals surface area contributed by atoms with Crippen LogP contribution < -0.4 is 9.47 Å². The Bertz CT molecular complexity index is 396. The number of benzene rings is 1. The zero-order chi connectivity index (χ0) is 12.1. The van der Waals surface area contributed by atoms with Crippen LogP contribution in [0.5, 0.6) is 11.5 Å². The van der Waals surface area contributed by atoms with Crippen molar-refractivity contribution in [3.05, 3.63) is 23.8 Å². The zero-order valence-corrected chi connectivity index (χ0v) is 9.60. The Kier molecular flexibility index (Phi) is 4.15. The number of hydrogen-bond donors (Lipinski definition) is 1. The fourth-order valence-electron chi connectivity index (χ4n) is 1.13. The first-order valence-corrected chi connectivity index (χ1v) is 5.01. The number of hydrogen-bond acceptors (Lipinski definition) is 4. The molecule has 0 radical (unpaired) electrons. The van der Waals surface area contributed by atoms with Crippen LogP contribution in [0.4, 0.5) is 0 Å².